The van der Waals surface area contributed by atoms with E-state index in [0.717, 1.165) is 45.1 Å². The fraction of sp³-hybridized carbons (Fsp3) is 0.556. The number of carbonyl (C=O) groups excluding carboxylic acids is 1. The maximum absolute atomic E-state index is 12.8. The predicted octanol–water partition coefficient (Wildman–Crippen LogP) is 1.72. The van der Waals surface area contributed by atoms with Crippen molar-refractivity contribution < 1.29 is 13.9 Å². The van der Waals surface area contributed by atoms with Crippen LogP contribution in [-0.4, -0.2) is 67.5 Å². The molecule has 1 N–H and O–H groups in total. The third kappa shape index (κ3) is 6.25. The van der Waals surface area contributed by atoms with Crippen LogP contribution in [0.5, 0.6) is 5.75 Å². The van der Waals surface area contributed by atoms with Gasteiger partial charge in [0.1, 0.15) is 11.6 Å². The summed E-state index contributed by atoms with van der Waals surface area (Å²) in [5, 5.41) is 3.30. The minimum absolute atomic E-state index is 0.125. The lowest BCUT2D eigenvalue weighted by molar-refractivity contribution is -0.130. The molecule has 0 atom stereocenters. The van der Waals surface area contributed by atoms with Crippen LogP contribution in [0.15, 0.2) is 29.3 Å². The van der Waals surface area contributed by atoms with Gasteiger partial charge in [0.15, 0.2) is 5.96 Å². The molecule has 138 valence electrons. The lowest BCUT2D eigenvalue weighted by Crippen LogP contribution is -2.53. The molecule has 1 heterocycles. The number of ether oxygens (including phenoxy) is 1. The van der Waals surface area contributed by atoms with E-state index in [1.165, 1.54) is 12.1 Å². The average Bonchev–Trinajstić information content (AvgIpc) is 2.62. The van der Waals surface area contributed by atoms with Gasteiger partial charge in [-0.1, -0.05) is 0 Å². The van der Waals surface area contributed by atoms with Gasteiger partial charge < -0.3 is 19.9 Å². The van der Waals surface area contributed by atoms with Gasteiger partial charge >= 0.3 is 0 Å². The SMILES string of the molecule is CCNC(=NCCCOc1ccc(F)cc1)N1CCN(C(C)=O)CC1. The zero-order valence-corrected chi connectivity index (χ0v) is 15.0. The molecule has 0 aliphatic carbocycles. The van der Waals surface area contributed by atoms with Gasteiger partial charge in [-0.2, -0.15) is 0 Å². The van der Waals surface area contributed by atoms with Crippen molar-refractivity contribution in [1.82, 2.24) is 15.1 Å². The Labute approximate surface area is 148 Å². The number of hydrogen-bond donors (Lipinski definition) is 1. The van der Waals surface area contributed by atoms with Crippen LogP contribution in [0.2, 0.25) is 0 Å². The van der Waals surface area contributed by atoms with Crippen molar-refractivity contribution >= 4 is 11.9 Å². The van der Waals surface area contributed by atoms with Crippen LogP contribution < -0.4 is 10.1 Å². The van der Waals surface area contributed by atoms with E-state index in [1.807, 2.05) is 11.8 Å². The number of benzene rings is 1. The highest BCUT2D eigenvalue weighted by molar-refractivity contribution is 5.80. The summed E-state index contributed by atoms with van der Waals surface area (Å²) in [4.78, 5) is 20.1. The van der Waals surface area contributed by atoms with Crippen LogP contribution in [0.25, 0.3) is 0 Å². The summed E-state index contributed by atoms with van der Waals surface area (Å²) in [6.07, 6.45) is 0.777. The lowest BCUT2D eigenvalue weighted by atomic mass is 10.3. The highest BCUT2D eigenvalue weighted by atomic mass is 19.1. The molecule has 0 aromatic heterocycles. The van der Waals surface area contributed by atoms with Crippen molar-refractivity contribution in [3.63, 3.8) is 0 Å². The second kappa shape index (κ2) is 9.86. The van der Waals surface area contributed by atoms with Crippen LogP contribution in [-0.2, 0) is 4.79 Å². The van der Waals surface area contributed by atoms with Crippen molar-refractivity contribution in [3.05, 3.63) is 30.1 Å². The van der Waals surface area contributed by atoms with Gasteiger partial charge in [-0.05, 0) is 31.2 Å². The van der Waals surface area contributed by atoms with Crippen LogP contribution >= 0.6 is 0 Å². The molecule has 1 aromatic rings. The Morgan fingerprint density at radius 1 is 1.20 bits per heavy atom. The first-order chi connectivity index (χ1) is 12.1. The van der Waals surface area contributed by atoms with Crippen molar-refractivity contribution in [1.29, 1.82) is 0 Å². The minimum atomic E-state index is -0.267. The number of aliphatic imine (C=N–C) groups is 1. The normalized spacial score (nSPS) is 15.2. The number of nitrogens with one attached hydrogen (secondary N) is 1. The molecule has 1 aliphatic heterocycles. The lowest BCUT2D eigenvalue weighted by Gasteiger charge is -2.36. The van der Waals surface area contributed by atoms with Gasteiger partial charge in [-0.15, -0.1) is 0 Å². The average molecular weight is 350 g/mol. The molecule has 0 bridgehead atoms. The summed E-state index contributed by atoms with van der Waals surface area (Å²) in [7, 11) is 0. The van der Waals surface area contributed by atoms with Crippen molar-refractivity contribution in [3.8, 4) is 5.75 Å². The minimum Gasteiger partial charge on any atom is -0.494 e. The van der Waals surface area contributed by atoms with E-state index < -0.39 is 0 Å². The molecule has 1 aliphatic rings. The number of rotatable bonds is 6. The summed E-state index contributed by atoms with van der Waals surface area (Å²) < 4.78 is 18.4. The summed E-state index contributed by atoms with van der Waals surface area (Å²) in [6.45, 7) is 8.67. The molecular weight excluding hydrogens is 323 g/mol. The van der Waals surface area contributed by atoms with E-state index in [-0.39, 0.29) is 11.7 Å². The second-order valence-corrected chi connectivity index (χ2v) is 5.88. The molecule has 0 spiro atoms. The van der Waals surface area contributed by atoms with Crippen LogP contribution in [0.1, 0.15) is 20.3 Å². The zero-order valence-electron chi connectivity index (χ0n) is 15.0. The maximum Gasteiger partial charge on any atom is 0.219 e. The Bertz CT molecular complexity index is 569. The summed E-state index contributed by atoms with van der Waals surface area (Å²) >= 11 is 0. The Kier molecular flexibility index (Phi) is 7.50. The quantitative estimate of drug-likeness (QED) is 0.482. The number of halogens is 1. The zero-order chi connectivity index (χ0) is 18.1. The molecule has 1 fully saturated rings. The molecule has 25 heavy (non-hydrogen) atoms. The van der Waals surface area contributed by atoms with Crippen LogP contribution in [0.4, 0.5) is 4.39 Å². The first kappa shape index (κ1) is 19.0. The fourth-order valence-corrected chi connectivity index (χ4v) is 2.63. The first-order valence-corrected chi connectivity index (χ1v) is 8.77. The highest BCUT2D eigenvalue weighted by Crippen LogP contribution is 2.11. The predicted molar refractivity (Wildman–Crippen MR) is 96.3 cm³/mol. The van der Waals surface area contributed by atoms with E-state index in [9.17, 15) is 9.18 Å². The third-order valence-electron chi connectivity index (χ3n) is 4.01. The van der Waals surface area contributed by atoms with Gasteiger partial charge in [0.05, 0.1) is 6.61 Å². The molecule has 1 amide bonds. The Hall–Kier alpha value is -2.31. The van der Waals surface area contributed by atoms with E-state index in [0.29, 0.717) is 18.9 Å². The van der Waals surface area contributed by atoms with Gasteiger partial charge in [-0.25, -0.2) is 4.39 Å². The molecular formula is C18H27FN4O2. The van der Waals surface area contributed by atoms with Crippen molar-refractivity contribution in [2.75, 3.05) is 45.9 Å². The Balaban J connectivity index is 1.75. The molecule has 1 aromatic carbocycles. The molecule has 2 rings (SSSR count). The highest BCUT2D eigenvalue weighted by Gasteiger charge is 2.20. The van der Waals surface area contributed by atoms with Gasteiger partial charge in [0, 0.05) is 52.6 Å². The maximum atomic E-state index is 12.8. The van der Waals surface area contributed by atoms with E-state index >= 15 is 0 Å². The van der Waals surface area contributed by atoms with E-state index in [1.54, 1.807) is 19.1 Å². The number of hydrogen-bond acceptors (Lipinski definition) is 3. The molecule has 0 saturated carbocycles. The molecule has 6 nitrogen and oxygen atoms in total. The number of carbonyl (C=O) groups is 1. The largest absolute Gasteiger partial charge is 0.494 e. The Morgan fingerprint density at radius 3 is 2.44 bits per heavy atom. The molecule has 7 heteroatoms. The molecule has 0 radical (unpaired) electrons. The monoisotopic (exact) mass is 350 g/mol. The number of guanidine groups is 1. The van der Waals surface area contributed by atoms with Crippen molar-refractivity contribution in [2.24, 2.45) is 4.99 Å². The van der Waals surface area contributed by atoms with Crippen molar-refractivity contribution in [2.45, 2.75) is 20.3 Å². The van der Waals surface area contributed by atoms with Crippen LogP contribution in [0, 0.1) is 5.82 Å². The first-order valence-electron chi connectivity index (χ1n) is 8.77. The number of piperazine rings is 1. The van der Waals surface area contributed by atoms with Crippen LogP contribution in [0.3, 0.4) is 0 Å². The summed E-state index contributed by atoms with van der Waals surface area (Å²) in [5.74, 6) is 1.40. The topological polar surface area (TPSA) is 57.2 Å². The fourth-order valence-electron chi connectivity index (χ4n) is 2.63. The van der Waals surface area contributed by atoms with E-state index in [2.05, 4.69) is 15.2 Å². The summed E-state index contributed by atoms with van der Waals surface area (Å²) in [6, 6.07) is 6.02. The number of amides is 1. The van der Waals surface area contributed by atoms with Gasteiger partial charge in [0.2, 0.25) is 5.91 Å². The van der Waals surface area contributed by atoms with Gasteiger partial charge in [-0.3, -0.25) is 9.79 Å². The Morgan fingerprint density at radius 2 is 1.84 bits per heavy atom. The number of nitrogens with zero attached hydrogens (tertiary/aromatic N) is 3. The van der Waals surface area contributed by atoms with Gasteiger partial charge in [0.25, 0.3) is 0 Å². The van der Waals surface area contributed by atoms with E-state index in [4.69, 9.17) is 4.74 Å². The second-order valence-electron chi connectivity index (χ2n) is 5.88. The smallest absolute Gasteiger partial charge is 0.219 e. The molecule has 0 unspecified atom stereocenters. The standard InChI is InChI=1S/C18H27FN4O2/c1-3-20-18(23-12-10-22(11-13-23)15(2)24)21-9-4-14-25-17-7-5-16(19)6-8-17/h5-8H,3-4,9-14H2,1-2H3,(H,20,21). The molecule has 1 saturated heterocycles. The third-order valence-corrected chi connectivity index (χ3v) is 4.01. The summed E-state index contributed by atoms with van der Waals surface area (Å²) in [5.41, 5.74) is 0.